The van der Waals surface area contributed by atoms with Crippen molar-refractivity contribution in [2.45, 2.75) is 321 Å². The molecule has 2 heteroatoms. The summed E-state index contributed by atoms with van der Waals surface area (Å²) in [5, 5.41) is 0. The van der Waals surface area contributed by atoms with Crippen LogP contribution in [0.2, 0.25) is 0 Å². The highest BCUT2D eigenvalue weighted by Gasteiger charge is 2.49. The van der Waals surface area contributed by atoms with Gasteiger partial charge >= 0.3 is 0 Å². The lowest BCUT2D eigenvalue weighted by Crippen LogP contribution is -2.55. The molecule has 0 spiro atoms. The summed E-state index contributed by atoms with van der Waals surface area (Å²) in [6.45, 7) is 12.8. The Morgan fingerprint density at radius 3 is 0.958 bits per heavy atom. The first kappa shape index (κ1) is 53.8. The molecule has 0 radical (unpaired) electrons. The monoisotopic (exact) mass is 975 g/mol. The second kappa shape index (κ2) is 26.2. The second-order valence-corrected chi connectivity index (χ2v) is 29.6. The zero-order valence-corrected chi connectivity index (χ0v) is 47.9. The van der Waals surface area contributed by atoms with Crippen LogP contribution in [0.25, 0.3) is 0 Å². The molecule has 0 aromatic carbocycles. The van der Waals surface area contributed by atoms with E-state index in [1.165, 1.54) is 205 Å². The molecule has 7 atom stereocenters. The van der Waals surface area contributed by atoms with Crippen molar-refractivity contribution in [3.8, 4) is 0 Å². The molecule has 2 nitrogen and oxygen atoms in total. The zero-order valence-electron chi connectivity index (χ0n) is 47.9. The summed E-state index contributed by atoms with van der Waals surface area (Å²) in [7, 11) is 0. The summed E-state index contributed by atoms with van der Waals surface area (Å²) in [5.41, 5.74) is 0. The van der Waals surface area contributed by atoms with Gasteiger partial charge in [0.2, 0.25) is 0 Å². The fraction of sp³-hybridized carbons (Fsp3) is 0.942. The van der Waals surface area contributed by atoms with Crippen molar-refractivity contribution in [1.29, 1.82) is 0 Å². The summed E-state index contributed by atoms with van der Waals surface area (Å²) in [4.78, 5) is 6.71. The molecule has 0 aromatic heterocycles. The molecule has 10 rings (SSSR count). The summed E-state index contributed by atoms with van der Waals surface area (Å²) >= 11 is 0. The third-order valence-electron chi connectivity index (χ3n) is 24.8. The molecule has 7 unspecified atom stereocenters. The van der Waals surface area contributed by atoms with Crippen molar-refractivity contribution in [3.05, 3.63) is 24.3 Å². The van der Waals surface area contributed by atoms with E-state index < -0.39 is 0 Å². The third-order valence-corrected chi connectivity index (χ3v) is 24.8. The van der Waals surface area contributed by atoms with E-state index in [1.54, 1.807) is 44.9 Å². The van der Waals surface area contributed by atoms with E-state index in [-0.39, 0.29) is 0 Å². The van der Waals surface area contributed by atoms with Crippen molar-refractivity contribution in [2.75, 3.05) is 0 Å². The molecule has 404 valence electrons. The molecule has 0 amide bonds. The lowest BCUT2D eigenvalue weighted by Gasteiger charge is -2.55. The van der Waals surface area contributed by atoms with Gasteiger partial charge in [-0.2, -0.15) is 0 Å². The van der Waals surface area contributed by atoms with Gasteiger partial charge < -0.3 is 0 Å². The predicted molar refractivity (Wildman–Crippen MR) is 305 cm³/mol. The molecule has 0 aliphatic heterocycles. The van der Waals surface area contributed by atoms with Gasteiger partial charge in [0.15, 0.2) is 0 Å². The Bertz CT molecular complexity index is 1570. The number of nitrogens with zero attached hydrogens (tertiary/aromatic N) is 2. The molecule has 0 heterocycles. The molecule has 10 saturated carbocycles. The van der Waals surface area contributed by atoms with Gasteiger partial charge in [-0.3, -0.25) is 9.80 Å². The van der Waals surface area contributed by atoms with E-state index >= 15 is 0 Å². The van der Waals surface area contributed by atoms with Crippen LogP contribution in [-0.2, 0) is 0 Å². The van der Waals surface area contributed by atoms with Gasteiger partial charge in [-0.1, -0.05) is 117 Å². The Hall–Kier alpha value is -0.600. The van der Waals surface area contributed by atoms with Gasteiger partial charge in [-0.25, -0.2) is 0 Å². The van der Waals surface area contributed by atoms with Gasteiger partial charge in [0.25, 0.3) is 0 Å². The van der Waals surface area contributed by atoms with Crippen LogP contribution in [0.5, 0.6) is 0 Å². The van der Waals surface area contributed by atoms with E-state index in [4.69, 9.17) is 0 Å². The van der Waals surface area contributed by atoms with E-state index in [9.17, 15) is 0 Å². The van der Waals surface area contributed by atoms with Crippen molar-refractivity contribution >= 4 is 0 Å². The van der Waals surface area contributed by atoms with E-state index in [0.717, 1.165) is 125 Å². The maximum Gasteiger partial charge on any atom is 0.0104 e. The lowest BCUT2D eigenvalue weighted by molar-refractivity contribution is -0.0578. The normalized spacial score (nSPS) is 47.0. The number of hydrogen-bond donors (Lipinski definition) is 0. The van der Waals surface area contributed by atoms with Crippen LogP contribution in [0.3, 0.4) is 0 Å². The van der Waals surface area contributed by atoms with E-state index in [1.807, 2.05) is 0 Å². The van der Waals surface area contributed by atoms with Crippen molar-refractivity contribution in [1.82, 2.24) is 9.80 Å². The van der Waals surface area contributed by atoms with Gasteiger partial charge in [0.05, 0.1) is 0 Å². The maximum atomic E-state index is 3.40. The van der Waals surface area contributed by atoms with Gasteiger partial charge in [0.1, 0.15) is 0 Å². The average Bonchev–Trinajstić information content (AvgIpc) is 3.41. The van der Waals surface area contributed by atoms with Gasteiger partial charge in [-0.05, 0) is 281 Å². The standard InChI is InChI=1S/C69H118N2/c1-49-14-22-54(23-15-49)26-28-56-30-40-61(41-31-56)70(59-36-18-51(3)19-37-59)63-44-34-58(35-45-63)66-12-8-9-13-67(66)69-48-64(46-47-68(69)65-11-7-6-10-53(65)5)71(60-38-20-52(4)21-39-60)62-42-32-57(33-43-62)29-27-55-24-16-50(2)17-25-55/h26-29,49-69H,6-25,30-48H2,1-5H3/b28-26+,29-27+. The zero-order chi connectivity index (χ0) is 48.7. The largest absolute Gasteiger partial charge is 0.294 e. The minimum absolute atomic E-state index is 0.851. The van der Waals surface area contributed by atoms with Crippen LogP contribution in [0, 0.1) is 88.8 Å². The molecular weight excluding hydrogens is 857 g/mol. The van der Waals surface area contributed by atoms with E-state index in [0.29, 0.717) is 0 Å². The topological polar surface area (TPSA) is 6.48 Å². The molecule has 0 saturated heterocycles. The Morgan fingerprint density at radius 2 is 0.535 bits per heavy atom. The minimum Gasteiger partial charge on any atom is -0.294 e. The predicted octanol–water partition coefficient (Wildman–Crippen LogP) is 19.6. The molecule has 0 aromatic rings. The summed E-state index contributed by atoms with van der Waals surface area (Å²) in [6.07, 6.45) is 69.5. The summed E-state index contributed by atoms with van der Waals surface area (Å²) < 4.78 is 0. The average molecular weight is 976 g/mol. The highest BCUT2D eigenvalue weighted by atomic mass is 15.2. The fourth-order valence-electron chi connectivity index (χ4n) is 20.3. The van der Waals surface area contributed by atoms with Crippen molar-refractivity contribution in [3.63, 3.8) is 0 Å². The second-order valence-electron chi connectivity index (χ2n) is 29.6. The van der Waals surface area contributed by atoms with Crippen molar-refractivity contribution in [2.24, 2.45) is 88.8 Å². The Labute approximate surface area is 442 Å². The SMILES string of the molecule is CC1CCC(/C=C/C2CCC(N(C3CCC(C)CC3)C3CCC(C4CCCCC4C4CC(N(C5CCC(C)CC5)C5CCC(/C=C/C6CCC(C)CC6)CC5)CCC4C4CCCCC4C)CC3)CC2)CC1. The van der Waals surface area contributed by atoms with Gasteiger partial charge in [-0.15, -0.1) is 0 Å². The van der Waals surface area contributed by atoms with Crippen LogP contribution >= 0.6 is 0 Å². The molecule has 71 heavy (non-hydrogen) atoms. The molecule has 0 N–H and O–H groups in total. The van der Waals surface area contributed by atoms with Crippen LogP contribution < -0.4 is 0 Å². The number of hydrogen-bond acceptors (Lipinski definition) is 2. The first-order chi connectivity index (χ1) is 34.7. The highest BCUT2D eigenvalue weighted by Crippen LogP contribution is 2.55. The molecule has 10 fully saturated rings. The highest BCUT2D eigenvalue weighted by molar-refractivity contribution is 5.04. The van der Waals surface area contributed by atoms with Crippen LogP contribution in [0.15, 0.2) is 24.3 Å². The molecule has 10 aliphatic carbocycles. The Kier molecular flexibility index (Phi) is 19.8. The summed E-state index contributed by atoms with van der Waals surface area (Å²) in [6, 6.07) is 5.20. The Balaban J connectivity index is 0.823. The number of rotatable bonds is 13. The number of allylic oxidation sites excluding steroid dienone is 4. The quantitative estimate of drug-likeness (QED) is 0.170. The molecular formula is C69H118N2. The van der Waals surface area contributed by atoms with Crippen LogP contribution in [0.1, 0.15) is 285 Å². The van der Waals surface area contributed by atoms with Gasteiger partial charge in [0, 0.05) is 36.3 Å². The first-order valence-corrected chi connectivity index (χ1v) is 33.6. The van der Waals surface area contributed by atoms with Crippen LogP contribution in [-0.4, -0.2) is 46.1 Å². The summed E-state index contributed by atoms with van der Waals surface area (Å²) in [5.74, 6) is 14.3. The minimum atomic E-state index is 0.851. The van der Waals surface area contributed by atoms with Crippen molar-refractivity contribution < 1.29 is 0 Å². The molecule has 0 bridgehead atoms. The smallest absolute Gasteiger partial charge is 0.0104 e. The first-order valence-electron chi connectivity index (χ1n) is 33.6. The van der Waals surface area contributed by atoms with E-state index in [2.05, 4.69) is 68.7 Å². The third kappa shape index (κ3) is 13.9. The maximum absolute atomic E-state index is 3.40. The Morgan fingerprint density at radius 1 is 0.239 bits per heavy atom. The van der Waals surface area contributed by atoms with Crippen LogP contribution in [0.4, 0.5) is 0 Å². The molecule has 10 aliphatic rings. The lowest BCUT2D eigenvalue weighted by atomic mass is 9.54. The fourth-order valence-corrected chi connectivity index (χ4v) is 20.3.